The third-order valence-corrected chi connectivity index (χ3v) is 4.78. The molecule has 138 valence electrons. The second-order valence-electron chi connectivity index (χ2n) is 8.17. The van der Waals surface area contributed by atoms with Crippen molar-refractivity contribution < 1.29 is 18.8 Å². The van der Waals surface area contributed by atoms with Gasteiger partial charge in [-0.05, 0) is 54.5 Å². The minimum absolute atomic E-state index is 0.295. The molecule has 0 atom stereocenters. The van der Waals surface area contributed by atoms with Crippen LogP contribution < -0.4 is 10.4 Å². The van der Waals surface area contributed by atoms with Gasteiger partial charge in [0, 0.05) is 18.7 Å². The number of nitrogens with zero attached hydrogens (tertiary/aromatic N) is 2. The number of anilines is 1. The standard InChI is InChI=1S/C17H26BClN2O4/c1-15(2,3)23-14(22)21(8)13-12(19)11(9-10-20-13)18-24-16(4,5)17(6,7)25-18/h9-10H,1-8H3. The molecule has 1 fully saturated rings. The van der Waals surface area contributed by atoms with E-state index in [2.05, 4.69) is 4.98 Å². The molecule has 0 aromatic carbocycles. The van der Waals surface area contributed by atoms with Crippen LogP contribution in [-0.4, -0.2) is 42.0 Å². The molecule has 0 radical (unpaired) electrons. The van der Waals surface area contributed by atoms with Crippen molar-refractivity contribution in [2.24, 2.45) is 0 Å². The lowest BCUT2D eigenvalue weighted by Gasteiger charge is -2.32. The van der Waals surface area contributed by atoms with Gasteiger partial charge in [0.25, 0.3) is 0 Å². The quantitative estimate of drug-likeness (QED) is 0.749. The molecule has 1 aromatic heterocycles. The summed E-state index contributed by atoms with van der Waals surface area (Å²) in [6, 6.07) is 1.73. The monoisotopic (exact) mass is 368 g/mol. The molecule has 1 amide bonds. The average molecular weight is 369 g/mol. The van der Waals surface area contributed by atoms with Crippen molar-refractivity contribution in [1.82, 2.24) is 4.98 Å². The molecule has 25 heavy (non-hydrogen) atoms. The molecule has 2 heterocycles. The molecular weight excluding hydrogens is 342 g/mol. The topological polar surface area (TPSA) is 60.9 Å². The Hall–Kier alpha value is -1.31. The van der Waals surface area contributed by atoms with E-state index >= 15 is 0 Å². The second-order valence-corrected chi connectivity index (χ2v) is 8.54. The third kappa shape index (κ3) is 4.10. The summed E-state index contributed by atoms with van der Waals surface area (Å²) in [5.74, 6) is 0.295. The summed E-state index contributed by atoms with van der Waals surface area (Å²) < 4.78 is 17.4. The lowest BCUT2D eigenvalue weighted by Crippen LogP contribution is -2.41. The molecular formula is C17H26BClN2O4. The van der Waals surface area contributed by atoms with E-state index in [1.54, 1.807) is 40.1 Å². The highest BCUT2D eigenvalue weighted by molar-refractivity contribution is 6.66. The van der Waals surface area contributed by atoms with E-state index in [9.17, 15) is 4.79 Å². The summed E-state index contributed by atoms with van der Waals surface area (Å²) in [6.45, 7) is 13.3. The van der Waals surface area contributed by atoms with Gasteiger partial charge in [-0.1, -0.05) is 11.6 Å². The smallest absolute Gasteiger partial charge is 0.443 e. The largest absolute Gasteiger partial charge is 0.496 e. The van der Waals surface area contributed by atoms with E-state index in [1.165, 1.54) is 4.90 Å². The summed E-state index contributed by atoms with van der Waals surface area (Å²) in [5, 5.41) is 0.300. The molecule has 1 aliphatic rings. The zero-order valence-electron chi connectivity index (χ0n) is 16.1. The molecule has 0 spiro atoms. The molecule has 0 unspecified atom stereocenters. The first-order valence-corrected chi connectivity index (χ1v) is 8.60. The summed E-state index contributed by atoms with van der Waals surface area (Å²) >= 11 is 6.51. The first-order chi connectivity index (χ1) is 11.3. The Morgan fingerprint density at radius 3 is 2.24 bits per heavy atom. The Bertz CT molecular complexity index is 657. The van der Waals surface area contributed by atoms with Crippen molar-refractivity contribution in [2.75, 3.05) is 11.9 Å². The second kappa shape index (κ2) is 6.45. The Kier molecular flexibility index (Phi) is 5.16. The highest BCUT2D eigenvalue weighted by atomic mass is 35.5. The lowest BCUT2D eigenvalue weighted by molar-refractivity contribution is 0.00578. The van der Waals surface area contributed by atoms with Crippen molar-refractivity contribution >= 4 is 36.1 Å². The predicted molar refractivity (Wildman–Crippen MR) is 99.6 cm³/mol. The van der Waals surface area contributed by atoms with Gasteiger partial charge in [-0.15, -0.1) is 0 Å². The SMILES string of the molecule is CN(C(=O)OC(C)(C)C)c1nccc(B2OC(C)(C)C(C)(C)O2)c1Cl. The number of halogens is 1. The van der Waals surface area contributed by atoms with Crippen molar-refractivity contribution in [1.29, 1.82) is 0 Å². The molecule has 1 saturated heterocycles. The van der Waals surface area contributed by atoms with E-state index in [0.29, 0.717) is 16.3 Å². The van der Waals surface area contributed by atoms with E-state index in [4.69, 9.17) is 25.6 Å². The van der Waals surface area contributed by atoms with E-state index in [1.807, 2.05) is 27.7 Å². The van der Waals surface area contributed by atoms with Crippen LogP contribution in [0.1, 0.15) is 48.5 Å². The number of rotatable bonds is 2. The Labute approximate surface area is 154 Å². The molecule has 0 saturated carbocycles. The van der Waals surface area contributed by atoms with Gasteiger partial charge in [-0.3, -0.25) is 4.90 Å². The third-order valence-electron chi connectivity index (χ3n) is 4.39. The van der Waals surface area contributed by atoms with Crippen LogP contribution in [0.5, 0.6) is 0 Å². The van der Waals surface area contributed by atoms with Gasteiger partial charge in [-0.2, -0.15) is 0 Å². The van der Waals surface area contributed by atoms with E-state index in [-0.39, 0.29) is 0 Å². The van der Waals surface area contributed by atoms with Crippen LogP contribution in [-0.2, 0) is 14.0 Å². The number of amides is 1. The first-order valence-electron chi connectivity index (χ1n) is 8.22. The molecule has 6 nitrogen and oxygen atoms in total. The first kappa shape index (κ1) is 20.0. The minimum atomic E-state index is -0.633. The number of hydrogen-bond donors (Lipinski definition) is 0. The highest BCUT2D eigenvalue weighted by Crippen LogP contribution is 2.37. The zero-order chi connectivity index (χ0) is 19.2. The van der Waals surface area contributed by atoms with Crippen molar-refractivity contribution in [3.05, 3.63) is 17.3 Å². The van der Waals surface area contributed by atoms with Crippen LogP contribution in [0, 0.1) is 0 Å². The summed E-state index contributed by atoms with van der Waals surface area (Å²) in [7, 11) is 0.933. The number of hydrogen-bond acceptors (Lipinski definition) is 5. The van der Waals surface area contributed by atoms with Crippen LogP contribution in [0.4, 0.5) is 10.6 Å². The van der Waals surface area contributed by atoms with E-state index < -0.39 is 30.0 Å². The molecule has 0 bridgehead atoms. The van der Waals surface area contributed by atoms with Gasteiger partial charge in [0.05, 0.1) is 16.2 Å². The lowest BCUT2D eigenvalue weighted by atomic mass is 9.79. The van der Waals surface area contributed by atoms with Crippen molar-refractivity contribution in [3.8, 4) is 0 Å². The van der Waals surface area contributed by atoms with Gasteiger partial charge in [-0.25, -0.2) is 9.78 Å². The highest BCUT2D eigenvalue weighted by Gasteiger charge is 2.52. The average Bonchev–Trinajstić information content (AvgIpc) is 2.64. The fraction of sp³-hybridized carbons (Fsp3) is 0.647. The number of carbonyl (C=O) groups excluding carboxylic acids is 1. The molecule has 8 heteroatoms. The zero-order valence-corrected chi connectivity index (χ0v) is 16.9. The van der Waals surface area contributed by atoms with Gasteiger partial charge in [0.2, 0.25) is 0 Å². The Balaban J connectivity index is 2.31. The number of aromatic nitrogens is 1. The number of ether oxygens (including phenoxy) is 1. The molecule has 1 aliphatic heterocycles. The molecule has 1 aromatic rings. The maximum Gasteiger partial charge on any atom is 0.496 e. The maximum absolute atomic E-state index is 12.3. The fourth-order valence-electron chi connectivity index (χ4n) is 2.25. The van der Waals surface area contributed by atoms with Crippen LogP contribution in [0.15, 0.2) is 12.3 Å². The van der Waals surface area contributed by atoms with Crippen LogP contribution in [0.3, 0.4) is 0 Å². The summed E-state index contributed by atoms with van der Waals surface area (Å²) in [6.07, 6.45) is 1.04. The van der Waals surface area contributed by atoms with Gasteiger partial charge in [0.15, 0.2) is 5.82 Å². The van der Waals surface area contributed by atoms with Gasteiger partial charge >= 0.3 is 13.2 Å². The van der Waals surface area contributed by atoms with Crippen LogP contribution in [0.25, 0.3) is 0 Å². The van der Waals surface area contributed by atoms with Crippen molar-refractivity contribution in [3.63, 3.8) is 0 Å². The molecule has 0 N–H and O–H groups in total. The van der Waals surface area contributed by atoms with Crippen molar-refractivity contribution in [2.45, 2.75) is 65.3 Å². The number of carbonyl (C=O) groups is 1. The fourth-order valence-corrected chi connectivity index (χ4v) is 2.58. The normalized spacial score (nSPS) is 19.0. The summed E-state index contributed by atoms with van der Waals surface area (Å²) in [4.78, 5) is 17.8. The van der Waals surface area contributed by atoms with Gasteiger partial charge < -0.3 is 14.0 Å². The van der Waals surface area contributed by atoms with Crippen LogP contribution >= 0.6 is 11.6 Å². The van der Waals surface area contributed by atoms with Gasteiger partial charge in [0.1, 0.15) is 5.60 Å². The molecule has 2 rings (SSSR count). The number of pyridine rings is 1. The molecule has 0 aliphatic carbocycles. The Morgan fingerprint density at radius 2 is 1.76 bits per heavy atom. The van der Waals surface area contributed by atoms with Crippen LogP contribution in [0.2, 0.25) is 5.02 Å². The predicted octanol–water partition coefficient (Wildman–Crippen LogP) is 3.41. The summed E-state index contributed by atoms with van der Waals surface area (Å²) in [5.41, 5.74) is -0.954. The van der Waals surface area contributed by atoms with E-state index in [0.717, 1.165) is 0 Å². The Morgan fingerprint density at radius 1 is 1.24 bits per heavy atom. The minimum Gasteiger partial charge on any atom is -0.443 e. The maximum atomic E-state index is 12.3.